The number of rotatable bonds is 4. The van der Waals surface area contributed by atoms with Crippen molar-refractivity contribution >= 4 is 23.2 Å². The fraction of sp³-hybridized carbons (Fsp3) is 0.0556. The summed E-state index contributed by atoms with van der Waals surface area (Å²) in [5.41, 5.74) is -4.69. The minimum absolute atomic E-state index is 0.0679. The van der Waals surface area contributed by atoms with Crippen LogP contribution in [0.15, 0.2) is 48.7 Å². The van der Waals surface area contributed by atoms with Crippen molar-refractivity contribution in [3.05, 3.63) is 76.6 Å². The van der Waals surface area contributed by atoms with Crippen LogP contribution in [-0.2, 0) is 6.18 Å². The lowest BCUT2D eigenvalue weighted by molar-refractivity contribution is -0.138. The molecule has 0 saturated heterocycles. The van der Waals surface area contributed by atoms with E-state index in [2.05, 4.69) is 0 Å². The minimum Gasteiger partial charge on any atom is -0.478 e. The highest BCUT2D eigenvalue weighted by molar-refractivity contribution is 6.13. The first-order valence-electron chi connectivity index (χ1n) is 7.44. The number of halogens is 3. The van der Waals surface area contributed by atoms with Gasteiger partial charge in [0.15, 0.2) is 0 Å². The number of fused-ring (bicyclic) bond motifs is 1. The van der Waals surface area contributed by atoms with Gasteiger partial charge in [-0.2, -0.15) is 13.2 Å². The Hall–Kier alpha value is -3.62. The number of benzene rings is 1. The number of hydrogen-bond donors (Lipinski definition) is 2. The van der Waals surface area contributed by atoms with Gasteiger partial charge in [-0.15, -0.1) is 0 Å². The standard InChI is InChI=1S/C18H10F3NO5/c19-18(20,21)13-12(17(26)27)11-8-10(16(24)25)6-7-22(11)14(13)15(23)9-4-2-1-3-5-9/h1-8H,(H,24,25)(H,26,27). The van der Waals surface area contributed by atoms with Gasteiger partial charge >= 0.3 is 18.1 Å². The van der Waals surface area contributed by atoms with Crippen molar-refractivity contribution in [3.63, 3.8) is 0 Å². The molecule has 2 N–H and O–H groups in total. The topological polar surface area (TPSA) is 96.1 Å². The predicted octanol–water partition coefficient (Wildman–Crippen LogP) is 3.59. The smallest absolute Gasteiger partial charge is 0.419 e. The zero-order valence-electron chi connectivity index (χ0n) is 13.3. The second-order valence-electron chi connectivity index (χ2n) is 5.57. The van der Waals surface area contributed by atoms with Crippen LogP contribution >= 0.6 is 0 Å². The Morgan fingerprint density at radius 2 is 1.52 bits per heavy atom. The molecule has 0 atom stereocenters. The first-order valence-corrected chi connectivity index (χ1v) is 7.44. The lowest BCUT2D eigenvalue weighted by Crippen LogP contribution is -2.17. The fourth-order valence-corrected chi connectivity index (χ4v) is 2.83. The van der Waals surface area contributed by atoms with Gasteiger partial charge in [0.1, 0.15) is 11.3 Å². The summed E-state index contributed by atoms with van der Waals surface area (Å²) < 4.78 is 41.9. The van der Waals surface area contributed by atoms with Gasteiger partial charge in [-0.05, 0) is 12.1 Å². The van der Waals surface area contributed by atoms with E-state index >= 15 is 0 Å². The molecule has 0 amide bonds. The zero-order valence-corrected chi connectivity index (χ0v) is 13.3. The van der Waals surface area contributed by atoms with Gasteiger partial charge in [-0.25, -0.2) is 9.59 Å². The van der Waals surface area contributed by atoms with Crippen molar-refractivity contribution in [1.82, 2.24) is 4.40 Å². The molecule has 2 heterocycles. The van der Waals surface area contributed by atoms with Crippen molar-refractivity contribution in [1.29, 1.82) is 0 Å². The quantitative estimate of drug-likeness (QED) is 0.678. The van der Waals surface area contributed by atoms with Crippen LogP contribution in [0, 0.1) is 0 Å². The van der Waals surface area contributed by atoms with Crippen LogP contribution in [0.25, 0.3) is 5.52 Å². The average Bonchev–Trinajstić information content (AvgIpc) is 2.96. The maximum absolute atomic E-state index is 13.7. The molecule has 0 aliphatic carbocycles. The third-order valence-corrected chi connectivity index (χ3v) is 3.93. The Labute approximate surface area is 149 Å². The van der Waals surface area contributed by atoms with Crippen molar-refractivity contribution in [2.24, 2.45) is 0 Å². The largest absolute Gasteiger partial charge is 0.478 e. The van der Waals surface area contributed by atoms with E-state index in [0.29, 0.717) is 0 Å². The van der Waals surface area contributed by atoms with Crippen LogP contribution < -0.4 is 0 Å². The highest BCUT2D eigenvalue weighted by Crippen LogP contribution is 2.39. The molecule has 0 saturated carbocycles. The van der Waals surface area contributed by atoms with Gasteiger partial charge in [-0.3, -0.25) is 4.79 Å². The van der Waals surface area contributed by atoms with E-state index in [4.69, 9.17) is 5.11 Å². The summed E-state index contributed by atoms with van der Waals surface area (Å²) >= 11 is 0. The van der Waals surface area contributed by atoms with Crippen LogP contribution in [0.4, 0.5) is 13.2 Å². The number of carboxylic acids is 2. The molecule has 9 heteroatoms. The number of aromatic carboxylic acids is 2. The Kier molecular flexibility index (Phi) is 4.22. The summed E-state index contributed by atoms with van der Waals surface area (Å²) in [6.07, 6.45) is -4.21. The summed E-state index contributed by atoms with van der Waals surface area (Å²) in [4.78, 5) is 35.4. The molecule has 3 aromatic rings. The summed E-state index contributed by atoms with van der Waals surface area (Å²) in [5, 5.41) is 18.4. The monoisotopic (exact) mass is 377 g/mol. The maximum atomic E-state index is 13.7. The van der Waals surface area contributed by atoms with E-state index in [1.807, 2.05) is 0 Å². The second-order valence-corrected chi connectivity index (χ2v) is 5.57. The third-order valence-electron chi connectivity index (χ3n) is 3.93. The maximum Gasteiger partial charge on any atom is 0.419 e. The predicted molar refractivity (Wildman–Crippen MR) is 86.2 cm³/mol. The van der Waals surface area contributed by atoms with Gasteiger partial charge in [0.2, 0.25) is 5.78 Å². The molecular weight excluding hydrogens is 367 g/mol. The Morgan fingerprint density at radius 3 is 2.04 bits per heavy atom. The Bertz CT molecular complexity index is 1080. The van der Waals surface area contributed by atoms with Gasteiger partial charge in [-0.1, -0.05) is 30.3 Å². The molecule has 2 aromatic heterocycles. The first kappa shape index (κ1) is 18.2. The van der Waals surface area contributed by atoms with Gasteiger partial charge in [0.05, 0.1) is 16.6 Å². The number of ketones is 1. The van der Waals surface area contributed by atoms with Crippen molar-refractivity contribution < 1.29 is 37.8 Å². The molecule has 138 valence electrons. The number of carbonyl (C=O) groups is 3. The van der Waals surface area contributed by atoms with Crippen LogP contribution in [0.3, 0.4) is 0 Å². The summed E-state index contributed by atoms with van der Waals surface area (Å²) in [7, 11) is 0. The second kappa shape index (κ2) is 6.27. The molecule has 3 rings (SSSR count). The molecule has 0 bridgehead atoms. The molecule has 1 aromatic carbocycles. The van der Waals surface area contributed by atoms with Crippen LogP contribution in [0.5, 0.6) is 0 Å². The highest BCUT2D eigenvalue weighted by atomic mass is 19.4. The molecule has 0 aliphatic rings. The first-order chi connectivity index (χ1) is 12.6. The van der Waals surface area contributed by atoms with E-state index in [1.54, 1.807) is 6.07 Å². The van der Waals surface area contributed by atoms with E-state index in [0.717, 1.165) is 22.7 Å². The van der Waals surface area contributed by atoms with Crippen LogP contribution in [0.2, 0.25) is 0 Å². The van der Waals surface area contributed by atoms with E-state index in [-0.39, 0.29) is 5.56 Å². The average molecular weight is 377 g/mol. The number of carbonyl (C=O) groups excluding carboxylic acids is 1. The summed E-state index contributed by atoms with van der Waals surface area (Å²) in [6.45, 7) is 0. The lowest BCUT2D eigenvalue weighted by atomic mass is 10.0. The normalized spacial score (nSPS) is 11.5. The lowest BCUT2D eigenvalue weighted by Gasteiger charge is -2.10. The zero-order chi connectivity index (χ0) is 19.9. The molecule has 0 spiro atoms. The van der Waals surface area contributed by atoms with E-state index < -0.39 is 51.8 Å². The number of pyridine rings is 1. The van der Waals surface area contributed by atoms with Gasteiger partial charge < -0.3 is 14.6 Å². The molecule has 0 radical (unpaired) electrons. The molecule has 6 nitrogen and oxygen atoms in total. The molecular formula is C18H10F3NO5. The van der Waals surface area contributed by atoms with Gasteiger partial charge in [0, 0.05) is 11.8 Å². The number of carboxylic acid groups (broad SMARTS) is 2. The number of nitrogens with zero attached hydrogens (tertiary/aromatic N) is 1. The minimum atomic E-state index is -5.15. The number of aromatic nitrogens is 1. The van der Waals surface area contributed by atoms with Crippen molar-refractivity contribution in [2.75, 3.05) is 0 Å². The summed E-state index contributed by atoms with van der Waals surface area (Å²) in [6, 6.07) is 8.86. The number of hydrogen-bond acceptors (Lipinski definition) is 3. The van der Waals surface area contributed by atoms with E-state index in [1.165, 1.54) is 24.3 Å². The highest BCUT2D eigenvalue weighted by Gasteiger charge is 2.43. The molecule has 0 aliphatic heterocycles. The third kappa shape index (κ3) is 3.03. The van der Waals surface area contributed by atoms with Crippen LogP contribution in [-0.4, -0.2) is 32.3 Å². The number of alkyl halides is 3. The van der Waals surface area contributed by atoms with Gasteiger partial charge in [0.25, 0.3) is 0 Å². The van der Waals surface area contributed by atoms with Crippen molar-refractivity contribution in [3.8, 4) is 0 Å². The van der Waals surface area contributed by atoms with E-state index in [9.17, 15) is 32.7 Å². The molecule has 0 fully saturated rings. The van der Waals surface area contributed by atoms with Crippen molar-refractivity contribution in [2.45, 2.75) is 6.18 Å². The Morgan fingerprint density at radius 1 is 0.889 bits per heavy atom. The molecule has 27 heavy (non-hydrogen) atoms. The Balaban J connectivity index is 2.46. The summed E-state index contributed by atoms with van der Waals surface area (Å²) in [5.74, 6) is -4.40. The van der Waals surface area contributed by atoms with Crippen LogP contribution in [0.1, 0.15) is 42.3 Å². The SMILES string of the molecule is O=C(O)c1ccn2c(C(=O)c3ccccc3)c(C(F)(F)F)c(C(=O)O)c2c1. The fourth-order valence-electron chi connectivity index (χ4n) is 2.83. The molecule has 0 unspecified atom stereocenters.